The Morgan fingerprint density at radius 2 is 0.680 bits per heavy atom. The zero-order chi connectivity index (χ0) is 35.4. The summed E-state index contributed by atoms with van der Waals surface area (Å²) in [4.78, 5) is 0. The molecule has 4 heteroatoms. The quantitative estimate of drug-likeness (QED) is 0.125. The smallest absolute Gasteiger partial charge is 0.122 e. The van der Waals surface area contributed by atoms with Crippen molar-refractivity contribution < 1.29 is 10.2 Å². The van der Waals surface area contributed by atoms with E-state index in [2.05, 4.69) is 37.4 Å². The first kappa shape index (κ1) is 36.6. The SMILES string of the molecule is C=CC[C@@H](c1ccccc1)[C@](O)(c1ccccc1)c1ccc(Cl)cc1.C=CC[C@H](c1ccccc1)[C@@](O)(c1ccccc1)c1ccc(Cl)cc1. The van der Waals surface area contributed by atoms with Crippen LogP contribution in [0, 0.1) is 0 Å². The summed E-state index contributed by atoms with van der Waals surface area (Å²) < 4.78 is 0. The molecular weight excluding hydrogens is 655 g/mol. The number of rotatable bonds is 12. The van der Waals surface area contributed by atoms with E-state index >= 15 is 0 Å². The van der Waals surface area contributed by atoms with Crippen LogP contribution in [0.25, 0.3) is 0 Å². The van der Waals surface area contributed by atoms with Gasteiger partial charge in [0.05, 0.1) is 0 Å². The standard InChI is InChI=1S/2C23H21ClO/c2*1-2-9-22(18-10-5-3-6-11-18)23(25,19-12-7-4-8-13-19)20-14-16-21(24)17-15-20/h2*2-8,10-17,22,25H,1,9H2/t2*22-,23-/m10/s1. The molecule has 0 aliphatic rings. The van der Waals surface area contributed by atoms with Gasteiger partial charge in [-0.2, -0.15) is 0 Å². The van der Waals surface area contributed by atoms with Crippen molar-refractivity contribution >= 4 is 23.2 Å². The predicted molar refractivity (Wildman–Crippen MR) is 210 cm³/mol. The molecule has 6 aromatic rings. The zero-order valence-electron chi connectivity index (χ0n) is 28.0. The van der Waals surface area contributed by atoms with E-state index in [0.29, 0.717) is 22.9 Å². The topological polar surface area (TPSA) is 40.5 Å². The highest BCUT2D eigenvalue weighted by Gasteiger charge is 2.41. The second-order valence-corrected chi connectivity index (χ2v) is 13.1. The molecule has 0 radical (unpaired) electrons. The van der Waals surface area contributed by atoms with E-state index in [-0.39, 0.29) is 11.8 Å². The van der Waals surface area contributed by atoms with Crippen molar-refractivity contribution in [3.8, 4) is 0 Å². The molecular formula is C46H42Cl2O2. The van der Waals surface area contributed by atoms with Crippen LogP contribution in [-0.4, -0.2) is 10.2 Å². The number of aliphatic hydroxyl groups is 2. The zero-order valence-corrected chi connectivity index (χ0v) is 29.5. The van der Waals surface area contributed by atoms with E-state index in [1.807, 2.05) is 158 Å². The number of hydrogen-bond acceptors (Lipinski definition) is 2. The molecule has 0 saturated heterocycles. The highest BCUT2D eigenvalue weighted by molar-refractivity contribution is 6.30. The Bertz CT molecular complexity index is 1770. The Kier molecular flexibility index (Phi) is 12.7. The van der Waals surface area contributed by atoms with Crippen LogP contribution in [0.2, 0.25) is 10.0 Å². The minimum Gasteiger partial charge on any atom is -0.380 e. The molecule has 6 rings (SSSR count). The van der Waals surface area contributed by atoms with Gasteiger partial charge < -0.3 is 10.2 Å². The monoisotopic (exact) mass is 696 g/mol. The molecule has 0 aliphatic carbocycles. The summed E-state index contributed by atoms with van der Waals surface area (Å²) in [7, 11) is 0. The molecule has 2 N–H and O–H groups in total. The van der Waals surface area contributed by atoms with Gasteiger partial charge in [0.25, 0.3) is 0 Å². The van der Waals surface area contributed by atoms with Gasteiger partial charge in [0.2, 0.25) is 0 Å². The van der Waals surface area contributed by atoms with Crippen molar-refractivity contribution in [1.29, 1.82) is 0 Å². The molecule has 0 saturated carbocycles. The fraction of sp³-hybridized carbons (Fsp3) is 0.130. The average molecular weight is 698 g/mol. The van der Waals surface area contributed by atoms with Crippen LogP contribution < -0.4 is 0 Å². The fourth-order valence-corrected chi connectivity index (χ4v) is 6.98. The molecule has 0 unspecified atom stereocenters. The summed E-state index contributed by atoms with van der Waals surface area (Å²) >= 11 is 12.1. The summed E-state index contributed by atoms with van der Waals surface area (Å²) in [5.41, 5.74) is 3.13. The first-order valence-electron chi connectivity index (χ1n) is 16.7. The molecule has 50 heavy (non-hydrogen) atoms. The van der Waals surface area contributed by atoms with Crippen molar-refractivity contribution in [1.82, 2.24) is 0 Å². The van der Waals surface area contributed by atoms with Crippen molar-refractivity contribution in [2.45, 2.75) is 35.9 Å². The van der Waals surface area contributed by atoms with E-state index in [0.717, 1.165) is 33.4 Å². The Morgan fingerprint density at radius 1 is 0.420 bits per heavy atom. The molecule has 252 valence electrons. The predicted octanol–water partition coefficient (Wildman–Crippen LogP) is 11.9. The van der Waals surface area contributed by atoms with Crippen LogP contribution in [0.4, 0.5) is 0 Å². The van der Waals surface area contributed by atoms with E-state index in [1.165, 1.54) is 0 Å². The van der Waals surface area contributed by atoms with Gasteiger partial charge in [-0.25, -0.2) is 0 Å². The van der Waals surface area contributed by atoms with Crippen LogP contribution in [0.1, 0.15) is 58.1 Å². The first-order chi connectivity index (χ1) is 24.3. The van der Waals surface area contributed by atoms with Gasteiger partial charge in [-0.3, -0.25) is 0 Å². The largest absolute Gasteiger partial charge is 0.380 e. The Hall–Kier alpha value is -4.70. The van der Waals surface area contributed by atoms with Gasteiger partial charge in [0, 0.05) is 21.9 Å². The number of allylic oxidation sites excluding steroid dienone is 2. The number of halogens is 2. The van der Waals surface area contributed by atoms with E-state index < -0.39 is 11.2 Å². The van der Waals surface area contributed by atoms with Crippen molar-refractivity contribution in [3.05, 3.63) is 239 Å². The molecule has 0 spiro atoms. The summed E-state index contributed by atoms with van der Waals surface area (Å²) in [5, 5.41) is 25.3. The van der Waals surface area contributed by atoms with Gasteiger partial charge in [-0.05, 0) is 70.5 Å². The summed E-state index contributed by atoms with van der Waals surface area (Å²) in [5.74, 6) is -0.315. The van der Waals surface area contributed by atoms with Crippen LogP contribution in [-0.2, 0) is 11.2 Å². The summed E-state index contributed by atoms with van der Waals surface area (Å²) in [6.45, 7) is 7.82. The highest BCUT2D eigenvalue weighted by atomic mass is 35.5. The van der Waals surface area contributed by atoms with Crippen LogP contribution in [0.15, 0.2) is 195 Å². The highest BCUT2D eigenvalue weighted by Crippen LogP contribution is 2.46. The summed E-state index contributed by atoms with van der Waals surface area (Å²) in [6, 6.07) is 54.6. The molecule has 0 heterocycles. The normalized spacial score (nSPS) is 14.5. The molecule has 4 atom stereocenters. The number of benzene rings is 6. The maximum atomic E-state index is 12.0. The second kappa shape index (κ2) is 17.3. The molecule has 0 amide bonds. The maximum Gasteiger partial charge on any atom is 0.122 e. The van der Waals surface area contributed by atoms with Gasteiger partial charge in [0.15, 0.2) is 0 Å². The lowest BCUT2D eigenvalue weighted by Gasteiger charge is -2.37. The van der Waals surface area contributed by atoms with Crippen molar-refractivity contribution in [3.63, 3.8) is 0 Å². The molecule has 6 aromatic carbocycles. The Labute approximate surface area is 306 Å². The number of hydrogen-bond donors (Lipinski definition) is 2. The third kappa shape index (κ3) is 8.18. The lowest BCUT2D eigenvalue weighted by Crippen LogP contribution is -2.35. The second-order valence-electron chi connectivity index (χ2n) is 12.3. The van der Waals surface area contributed by atoms with E-state index in [4.69, 9.17) is 23.2 Å². The van der Waals surface area contributed by atoms with Crippen LogP contribution in [0.3, 0.4) is 0 Å². The van der Waals surface area contributed by atoms with Crippen LogP contribution in [0.5, 0.6) is 0 Å². The van der Waals surface area contributed by atoms with E-state index in [1.54, 1.807) is 0 Å². The van der Waals surface area contributed by atoms with Crippen molar-refractivity contribution in [2.75, 3.05) is 0 Å². The molecule has 0 aliphatic heterocycles. The first-order valence-corrected chi connectivity index (χ1v) is 17.5. The maximum absolute atomic E-state index is 12.0. The van der Waals surface area contributed by atoms with Crippen LogP contribution >= 0.6 is 23.2 Å². The third-order valence-electron chi connectivity index (χ3n) is 9.21. The molecule has 0 bridgehead atoms. The minimum atomic E-state index is -1.18. The lowest BCUT2D eigenvalue weighted by atomic mass is 9.71. The third-order valence-corrected chi connectivity index (χ3v) is 9.72. The Balaban J connectivity index is 0.000000194. The molecule has 0 aromatic heterocycles. The van der Waals surface area contributed by atoms with Gasteiger partial charge in [-0.1, -0.05) is 181 Å². The fourth-order valence-electron chi connectivity index (χ4n) is 6.73. The van der Waals surface area contributed by atoms with Crippen molar-refractivity contribution in [2.24, 2.45) is 0 Å². The van der Waals surface area contributed by atoms with Gasteiger partial charge >= 0.3 is 0 Å². The molecule has 0 fully saturated rings. The van der Waals surface area contributed by atoms with Gasteiger partial charge in [-0.15, -0.1) is 13.2 Å². The molecule has 2 nitrogen and oxygen atoms in total. The lowest BCUT2D eigenvalue weighted by molar-refractivity contribution is 0.0498. The van der Waals surface area contributed by atoms with E-state index in [9.17, 15) is 10.2 Å². The average Bonchev–Trinajstić information content (AvgIpc) is 3.17. The minimum absolute atomic E-state index is 0.158. The summed E-state index contributed by atoms with van der Waals surface area (Å²) in [6.07, 6.45) is 5.03. The van der Waals surface area contributed by atoms with Gasteiger partial charge in [0.1, 0.15) is 11.2 Å². The Morgan fingerprint density at radius 3 is 0.960 bits per heavy atom.